The summed E-state index contributed by atoms with van der Waals surface area (Å²) in [7, 11) is 0. The minimum Gasteiger partial charge on any atom is -0.507 e. The number of hydrogen-bond donors (Lipinski definition) is 1. The number of rotatable bonds is 16. The Kier molecular flexibility index (Phi) is 16.4. The average Bonchev–Trinajstić information content (AvgIpc) is 3.18. The van der Waals surface area contributed by atoms with E-state index in [2.05, 4.69) is 20.8 Å². The Hall–Kier alpha value is -4.91. The number of benzene rings is 4. The van der Waals surface area contributed by atoms with Gasteiger partial charge in [-0.2, -0.15) is 0 Å². The van der Waals surface area contributed by atoms with Crippen molar-refractivity contribution >= 4 is 17.7 Å². The lowest BCUT2D eigenvalue weighted by molar-refractivity contribution is -0.145. The van der Waals surface area contributed by atoms with Gasteiger partial charge in [-0.1, -0.05) is 107 Å². The molecule has 0 unspecified atom stereocenters. The molecule has 1 fully saturated rings. The van der Waals surface area contributed by atoms with E-state index in [0.29, 0.717) is 60.7 Å². The Bertz CT molecular complexity index is 1600. The third kappa shape index (κ3) is 12.7. The Morgan fingerprint density at radius 2 is 1.08 bits per heavy atom. The fourth-order valence-corrected chi connectivity index (χ4v) is 6.16. The zero-order valence-corrected chi connectivity index (χ0v) is 31.0. The highest BCUT2D eigenvalue weighted by Gasteiger charge is 2.32. The van der Waals surface area contributed by atoms with Crippen molar-refractivity contribution in [2.75, 3.05) is 6.61 Å². The van der Waals surface area contributed by atoms with E-state index in [9.17, 15) is 19.5 Å². The molecule has 1 aliphatic carbocycles. The summed E-state index contributed by atoms with van der Waals surface area (Å²) in [6.07, 6.45) is 11.8. The molecule has 0 saturated heterocycles. The number of carbonyl (C=O) groups is 3. The number of aryl methyl sites for hydroxylation is 2. The van der Waals surface area contributed by atoms with Gasteiger partial charge in [0.15, 0.2) is 5.78 Å². The molecule has 0 heterocycles. The molecule has 4 aromatic carbocycles. The molecule has 0 amide bonds. The maximum Gasteiger partial charge on any atom is 0.314 e. The molecule has 1 N–H and O–H groups in total. The number of hydrogen-bond acceptors (Lipinski definition) is 7. The Labute approximate surface area is 309 Å². The summed E-state index contributed by atoms with van der Waals surface area (Å²) in [6, 6.07) is 29.1. The van der Waals surface area contributed by atoms with Crippen molar-refractivity contribution < 1.29 is 33.7 Å². The van der Waals surface area contributed by atoms with Crippen molar-refractivity contribution in [3.63, 3.8) is 0 Å². The van der Waals surface area contributed by atoms with Gasteiger partial charge in [0.05, 0.1) is 24.0 Å². The van der Waals surface area contributed by atoms with Crippen LogP contribution in [-0.2, 0) is 22.4 Å². The summed E-state index contributed by atoms with van der Waals surface area (Å²) in [5.41, 5.74) is 3.29. The van der Waals surface area contributed by atoms with Crippen LogP contribution in [0.3, 0.4) is 0 Å². The minimum atomic E-state index is -0.203. The second-order valence-corrected chi connectivity index (χ2v) is 13.4. The number of phenols is 1. The SMILES string of the molecule is CCCCCCCCOc1ccc(C(=O)c2ccccc2)c(O)c1.CCc1ccc(OC(=O)C2CCC(C(=O)Oc3ccc(CC)cc3)CC2)cc1. The van der Waals surface area contributed by atoms with Gasteiger partial charge in [0, 0.05) is 11.6 Å². The minimum absolute atomic E-state index is 0.0377. The Balaban J connectivity index is 0.000000236. The molecule has 5 rings (SSSR count). The first-order valence-electron chi connectivity index (χ1n) is 19.0. The molecule has 7 heteroatoms. The summed E-state index contributed by atoms with van der Waals surface area (Å²) in [6.45, 7) is 7.02. The summed E-state index contributed by atoms with van der Waals surface area (Å²) in [5, 5.41) is 10.1. The molecule has 1 saturated carbocycles. The van der Waals surface area contributed by atoms with E-state index >= 15 is 0 Å². The van der Waals surface area contributed by atoms with E-state index in [1.165, 1.54) is 42.9 Å². The van der Waals surface area contributed by atoms with E-state index < -0.39 is 0 Å². The van der Waals surface area contributed by atoms with E-state index in [1.54, 1.807) is 24.3 Å². The van der Waals surface area contributed by atoms with Crippen molar-refractivity contribution in [3.8, 4) is 23.0 Å². The monoisotopic (exact) mass is 706 g/mol. The lowest BCUT2D eigenvalue weighted by Gasteiger charge is -2.25. The second kappa shape index (κ2) is 21.5. The molecule has 7 nitrogen and oxygen atoms in total. The van der Waals surface area contributed by atoms with Crippen molar-refractivity contribution in [2.45, 2.75) is 97.8 Å². The second-order valence-electron chi connectivity index (χ2n) is 13.4. The molecular formula is C45H54O7. The molecule has 0 bridgehead atoms. The van der Waals surface area contributed by atoms with Crippen LogP contribution in [0, 0.1) is 11.8 Å². The number of carbonyl (C=O) groups excluding carboxylic acids is 3. The number of phenolic OH excluding ortho intramolecular Hbond substituents is 1. The first kappa shape index (κ1) is 39.9. The largest absolute Gasteiger partial charge is 0.507 e. The molecule has 0 spiro atoms. The fraction of sp³-hybridized carbons (Fsp3) is 0.400. The van der Waals surface area contributed by atoms with Gasteiger partial charge in [-0.3, -0.25) is 14.4 Å². The Morgan fingerprint density at radius 1 is 0.596 bits per heavy atom. The maximum absolute atomic E-state index is 12.4. The molecule has 0 aliphatic heterocycles. The van der Waals surface area contributed by atoms with Gasteiger partial charge >= 0.3 is 11.9 Å². The highest BCUT2D eigenvalue weighted by molar-refractivity contribution is 6.10. The van der Waals surface area contributed by atoms with Crippen molar-refractivity contribution in [2.24, 2.45) is 11.8 Å². The van der Waals surface area contributed by atoms with Crippen molar-refractivity contribution in [3.05, 3.63) is 119 Å². The molecule has 52 heavy (non-hydrogen) atoms. The van der Waals surface area contributed by atoms with Crippen LogP contribution < -0.4 is 14.2 Å². The maximum atomic E-state index is 12.4. The predicted molar refractivity (Wildman–Crippen MR) is 205 cm³/mol. The third-order valence-corrected chi connectivity index (χ3v) is 9.51. The lowest BCUT2D eigenvalue weighted by atomic mass is 9.82. The molecule has 0 radical (unpaired) electrons. The van der Waals surface area contributed by atoms with Crippen LogP contribution >= 0.6 is 0 Å². The smallest absolute Gasteiger partial charge is 0.314 e. The van der Waals surface area contributed by atoms with Gasteiger partial charge < -0.3 is 19.3 Å². The molecule has 276 valence electrons. The van der Waals surface area contributed by atoms with Gasteiger partial charge in [0.2, 0.25) is 0 Å². The summed E-state index contributed by atoms with van der Waals surface area (Å²) < 4.78 is 16.7. The van der Waals surface area contributed by atoms with Crippen LogP contribution in [0.15, 0.2) is 97.1 Å². The molecule has 4 aromatic rings. The van der Waals surface area contributed by atoms with E-state index in [-0.39, 0.29) is 35.3 Å². The number of unbranched alkanes of at least 4 members (excludes halogenated alkanes) is 5. The lowest BCUT2D eigenvalue weighted by Crippen LogP contribution is -2.30. The van der Waals surface area contributed by atoms with Gasteiger partial charge in [-0.15, -0.1) is 0 Å². The van der Waals surface area contributed by atoms with Gasteiger partial charge in [-0.05, 0) is 92.5 Å². The summed E-state index contributed by atoms with van der Waals surface area (Å²) in [4.78, 5) is 37.2. The fourth-order valence-electron chi connectivity index (χ4n) is 6.16. The first-order chi connectivity index (χ1) is 25.3. The number of esters is 2. The average molecular weight is 707 g/mol. The standard InChI is InChI=1S/C24H28O4.C21H26O3/c1-3-17-5-13-21(14-6-17)27-23(25)19-9-11-20(12-10-19)24(26)28-22-15-7-18(4-2)8-16-22;1-2-3-4-5-6-10-15-24-18-13-14-19(20(22)16-18)21(23)17-11-8-7-9-12-17/h5-8,13-16,19-20H,3-4,9-12H2,1-2H3;7-9,11-14,16,22H,2-6,10,15H2,1H3. The zero-order valence-electron chi connectivity index (χ0n) is 31.0. The van der Waals surface area contributed by atoms with E-state index in [4.69, 9.17) is 14.2 Å². The van der Waals surface area contributed by atoms with Crippen molar-refractivity contribution in [1.29, 1.82) is 0 Å². The highest BCUT2D eigenvalue weighted by atomic mass is 16.5. The predicted octanol–water partition coefficient (Wildman–Crippen LogP) is 10.5. The first-order valence-corrected chi connectivity index (χ1v) is 19.0. The van der Waals surface area contributed by atoms with Crippen LogP contribution in [0.1, 0.15) is 112 Å². The van der Waals surface area contributed by atoms with E-state index in [0.717, 1.165) is 25.7 Å². The third-order valence-electron chi connectivity index (χ3n) is 9.51. The van der Waals surface area contributed by atoms with Crippen LogP contribution in [0.4, 0.5) is 0 Å². The molecular weight excluding hydrogens is 652 g/mol. The summed E-state index contributed by atoms with van der Waals surface area (Å²) in [5.74, 6) is 0.832. The topological polar surface area (TPSA) is 99.1 Å². The number of aromatic hydroxyl groups is 1. The molecule has 0 aromatic heterocycles. The van der Waals surface area contributed by atoms with Crippen LogP contribution in [-0.4, -0.2) is 29.4 Å². The molecule has 1 aliphatic rings. The molecule has 0 atom stereocenters. The highest BCUT2D eigenvalue weighted by Crippen LogP contribution is 2.32. The van der Waals surface area contributed by atoms with Crippen LogP contribution in [0.25, 0.3) is 0 Å². The van der Waals surface area contributed by atoms with Gasteiger partial charge in [0.1, 0.15) is 23.0 Å². The normalized spacial score (nSPS) is 15.1. The van der Waals surface area contributed by atoms with Crippen molar-refractivity contribution in [1.82, 2.24) is 0 Å². The van der Waals surface area contributed by atoms with Gasteiger partial charge in [-0.25, -0.2) is 0 Å². The summed E-state index contributed by atoms with van der Waals surface area (Å²) >= 11 is 0. The Morgan fingerprint density at radius 3 is 1.56 bits per heavy atom. The zero-order chi connectivity index (χ0) is 37.1. The number of ether oxygens (including phenoxy) is 3. The van der Waals surface area contributed by atoms with Crippen LogP contribution in [0.2, 0.25) is 0 Å². The number of ketones is 1. The van der Waals surface area contributed by atoms with Crippen LogP contribution in [0.5, 0.6) is 23.0 Å². The quantitative estimate of drug-likeness (QED) is 0.0536. The van der Waals surface area contributed by atoms with Gasteiger partial charge in [0.25, 0.3) is 0 Å². The van der Waals surface area contributed by atoms with E-state index in [1.807, 2.05) is 66.7 Å².